The fraction of sp³-hybridized carbons (Fsp3) is 0.286. The maximum Gasteiger partial charge on any atom is 0.234 e. The molecule has 3 rings (SSSR count). The Morgan fingerprint density at radius 3 is 2.78 bits per heavy atom. The van der Waals surface area contributed by atoms with E-state index < -0.39 is 0 Å². The molecule has 4 N–H and O–H groups in total. The quantitative estimate of drug-likeness (QED) is 0.758. The van der Waals surface area contributed by atoms with Crippen LogP contribution in [0.3, 0.4) is 0 Å². The third kappa shape index (κ3) is 4.27. The van der Waals surface area contributed by atoms with Crippen LogP contribution >= 0.6 is 11.6 Å². The second-order valence-electron chi connectivity index (χ2n) is 5.13. The molecule has 1 saturated heterocycles. The summed E-state index contributed by atoms with van der Waals surface area (Å²) >= 11 is 5.86. The number of carbonyl (C=O) groups is 1. The van der Waals surface area contributed by atoms with E-state index in [2.05, 4.69) is 25.6 Å². The molecule has 0 bridgehead atoms. The number of amides is 1. The first-order chi connectivity index (χ1) is 11.1. The predicted octanol–water partition coefficient (Wildman–Crippen LogP) is 0.783. The number of nitrogens with zero attached hydrogens (tertiary/aromatic N) is 4. The van der Waals surface area contributed by atoms with Crippen molar-refractivity contribution in [1.29, 1.82) is 0 Å². The van der Waals surface area contributed by atoms with Gasteiger partial charge in [-0.3, -0.25) is 9.69 Å². The molecular weight excluding hydrogens is 318 g/mol. The van der Waals surface area contributed by atoms with E-state index in [1.165, 1.54) is 0 Å². The van der Waals surface area contributed by atoms with E-state index >= 15 is 0 Å². The minimum Gasteiger partial charge on any atom is -0.368 e. The second-order valence-corrected chi connectivity index (χ2v) is 5.56. The first-order valence-electron chi connectivity index (χ1n) is 7.10. The number of hydrogen-bond donors (Lipinski definition) is 3. The van der Waals surface area contributed by atoms with Crippen molar-refractivity contribution in [2.75, 3.05) is 30.7 Å². The van der Waals surface area contributed by atoms with Gasteiger partial charge in [-0.1, -0.05) is 11.6 Å². The zero-order valence-electron chi connectivity index (χ0n) is 12.3. The SMILES string of the molecule is Nc1nc(CN2CCNC(=O)C2)nc(Nc2ccc(Cl)cc2)n1. The third-order valence-electron chi connectivity index (χ3n) is 3.28. The van der Waals surface area contributed by atoms with Crippen LogP contribution in [0, 0.1) is 0 Å². The van der Waals surface area contributed by atoms with Crippen LogP contribution in [0.4, 0.5) is 17.6 Å². The largest absolute Gasteiger partial charge is 0.368 e. The van der Waals surface area contributed by atoms with Crippen molar-refractivity contribution in [1.82, 2.24) is 25.2 Å². The van der Waals surface area contributed by atoms with Crippen molar-refractivity contribution in [3.8, 4) is 0 Å². The molecule has 2 heterocycles. The van der Waals surface area contributed by atoms with E-state index in [0.717, 1.165) is 12.2 Å². The maximum absolute atomic E-state index is 11.4. The molecule has 1 aromatic heterocycles. The zero-order valence-corrected chi connectivity index (χ0v) is 13.0. The summed E-state index contributed by atoms with van der Waals surface area (Å²) in [6, 6.07) is 7.16. The van der Waals surface area contributed by atoms with Gasteiger partial charge in [-0.2, -0.15) is 15.0 Å². The van der Waals surface area contributed by atoms with E-state index in [1.54, 1.807) is 12.1 Å². The molecule has 1 amide bonds. The van der Waals surface area contributed by atoms with Crippen molar-refractivity contribution in [2.45, 2.75) is 6.54 Å². The summed E-state index contributed by atoms with van der Waals surface area (Å²) in [5.41, 5.74) is 6.54. The molecule has 2 aromatic rings. The Morgan fingerprint density at radius 2 is 2.04 bits per heavy atom. The molecule has 0 saturated carbocycles. The van der Waals surface area contributed by atoms with Crippen LogP contribution in [0.5, 0.6) is 0 Å². The highest BCUT2D eigenvalue weighted by Gasteiger charge is 2.18. The first kappa shape index (κ1) is 15.4. The van der Waals surface area contributed by atoms with Crippen LogP contribution < -0.4 is 16.4 Å². The van der Waals surface area contributed by atoms with Crippen LogP contribution in [0.2, 0.25) is 5.02 Å². The monoisotopic (exact) mass is 333 g/mol. The van der Waals surface area contributed by atoms with Crippen molar-refractivity contribution >= 4 is 35.1 Å². The van der Waals surface area contributed by atoms with E-state index in [4.69, 9.17) is 17.3 Å². The molecule has 8 nitrogen and oxygen atoms in total. The Balaban J connectivity index is 1.73. The summed E-state index contributed by atoms with van der Waals surface area (Å²) < 4.78 is 0. The van der Waals surface area contributed by atoms with Gasteiger partial charge in [0.05, 0.1) is 13.1 Å². The second kappa shape index (κ2) is 6.76. The van der Waals surface area contributed by atoms with Gasteiger partial charge in [0.2, 0.25) is 17.8 Å². The molecule has 1 aliphatic rings. The normalized spacial score (nSPS) is 15.3. The van der Waals surface area contributed by atoms with Gasteiger partial charge in [0.25, 0.3) is 0 Å². The molecule has 23 heavy (non-hydrogen) atoms. The number of nitrogens with one attached hydrogen (secondary N) is 2. The number of halogens is 1. The van der Waals surface area contributed by atoms with Gasteiger partial charge in [0.15, 0.2) is 0 Å². The van der Waals surface area contributed by atoms with Gasteiger partial charge < -0.3 is 16.4 Å². The highest BCUT2D eigenvalue weighted by Crippen LogP contribution is 2.17. The third-order valence-corrected chi connectivity index (χ3v) is 3.53. The molecule has 120 valence electrons. The smallest absolute Gasteiger partial charge is 0.234 e. The number of hydrogen-bond acceptors (Lipinski definition) is 7. The van der Waals surface area contributed by atoms with Crippen molar-refractivity contribution in [3.63, 3.8) is 0 Å². The number of anilines is 3. The summed E-state index contributed by atoms with van der Waals surface area (Å²) in [5, 5.41) is 6.48. The summed E-state index contributed by atoms with van der Waals surface area (Å²) in [5.74, 6) is 1.01. The molecule has 0 spiro atoms. The number of piperazine rings is 1. The average molecular weight is 334 g/mol. The lowest BCUT2D eigenvalue weighted by Crippen LogP contribution is -2.47. The Labute approximate surface area is 138 Å². The first-order valence-corrected chi connectivity index (χ1v) is 7.48. The van der Waals surface area contributed by atoms with Crippen molar-refractivity contribution in [2.24, 2.45) is 0 Å². The lowest BCUT2D eigenvalue weighted by atomic mass is 10.3. The topological polar surface area (TPSA) is 109 Å². The number of nitrogens with two attached hydrogens (primary N) is 1. The van der Waals surface area contributed by atoms with E-state index in [9.17, 15) is 4.79 Å². The Hall–Kier alpha value is -2.45. The van der Waals surface area contributed by atoms with Crippen molar-refractivity contribution < 1.29 is 4.79 Å². The molecule has 0 unspecified atom stereocenters. The van der Waals surface area contributed by atoms with Crippen LogP contribution in [0.25, 0.3) is 0 Å². The fourth-order valence-electron chi connectivity index (χ4n) is 2.25. The highest BCUT2D eigenvalue weighted by atomic mass is 35.5. The molecule has 1 aliphatic heterocycles. The molecular formula is C14H16ClN7O. The van der Waals surface area contributed by atoms with Gasteiger partial charge in [-0.25, -0.2) is 0 Å². The molecule has 9 heteroatoms. The molecule has 0 radical (unpaired) electrons. The number of benzene rings is 1. The average Bonchev–Trinajstić information content (AvgIpc) is 2.49. The van der Waals surface area contributed by atoms with Gasteiger partial charge in [-0.05, 0) is 24.3 Å². The van der Waals surface area contributed by atoms with Crippen LogP contribution in [0.1, 0.15) is 5.82 Å². The van der Waals surface area contributed by atoms with E-state index in [0.29, 0.717) is 36.4 Å². The molecule has 1 aromatic carbocycles. The standard InChI is InChI=1S/C14H16ClN7O/c15-9-1-3-10(4-2-9)18-14-20-11(19-13(16)21-14)7-22-6-5-17-12(23)8-22/h1-4H,5-8H2,(H,17,23)(H3,16,18,19,20,21). The van der Waals surface area contributed by atoms with Crippen LogP contribution in [0.15, 0.2) is 24.3 Å². The van der Waals surface area contributed by atoms with Gasteiger partial charge in [-0.15, -0.1) is 0 Å². The predicted molar refractivity (Wildman–Crippen MR) is 87.3 cm³/mol. The number of nitrogen functional groups attached to an aromatic ring is 1. The fourth-order valence-corrected chi connectivity index (χ4v) is 2.38. The number of rotatable bonds is 4. The summed E-state index contributed by atoms with van der Waals surface area (Å²) in [4.78, 5) is 25.9. The summed E-state index contributed by atoms with van der Waals surface area (Å²) in [6.45, 7) is 2.13. The minimum atomic E-state index is -0.00205. The lowest BCUT2D eigenvalue weighted by molar-refractivity contribution is -0.124. The molecule has 1 fully saturated rings. The van der Waals surface area contributed by atoms with E-state index in [1.807, 2.05) is 17.0 Å². The number of aromatic nitrogens is 3. The number of carbonyl (C=O) groups excluding carboxylic acids is 1. The summed E-state index contributed by atoms with van der Waals surface area (Å²) in [6.07, 6.45) is 0. The van der Waals surface area contributed by atoms with Gasteiger partial charge in [0.1, 0.15) is 5.82 Å². The van der Waals surface area contributed by atoms with Gasteiger partial charge >= 0.3 is 0 Å². The molecule has 0 atom stereocenters. The Bertz CT molecular complexity index is 707. The highest BCUT2D eigenvalue weighted by molar-refractivity contribution is 6.30. The Kier molecular flexibility index (Phi) is 4.54. The van der Waals surface area contributed by atoms with Gasteiger partial charge in [0, 0.05) is 23.8 Å². The summed E-state index contributed by atoms with van der Waals surface area (Å²) in [7, 11) is 0. The van der Waals surface area contributed by atoms with Crippen molar-refractivity contribution in [3.05, 3.63) is 35.1 Å². The van der Waals surface area contributed by atoms with E-state index in [-0.39, 0.29) is 11.9 Å². The zero-order chi connectivity index (χ0) is 16.2. The van der Waals surface area contributed by atoms with Crippen LogP contribution in [-0.4, -0.2) is 45.4 Å². The minimum absolute atomic E-state index is 0.00205. The Morgan fingerprint density at radius 1 is 1.26 bits per heavy atom. The van der Waals surface area contributed by atoms with Crippen LogP contribution in [-0.2, 0) is 11.3 Å². The lowest BCUT2D eigenvalue weighted by Gasteiger charge is -2.25. The molecule has 0 aliphatic carbocycles. The maximum atomic E-state index is 11.4.